The molecule has 0 spiro atoms. The van der Waals surface area contributed by atoms with Gasteiger partial charge in [0.15, 0.2) is 0 Å². The average Bonchev–Trinajstić information content (AvgIpc) is 2.82. The molecule has 2 aromatic rings. The zero-order valence-electron chi connectivity index (χ0n) is 13.9. The van der Waals surface area contributed by atoms with E-state index in [1.165, 1.54) is 4.90 Å². The van der Waals surface area contributed by atoms with E-state index in [-0.39, 0.29) is 18.0 Å². The van der Waals surface area contributed by atoms with Gasteiger partial charge >= 0.3 is 6.03 Å². The fourth-order valence-corrected chi connectivity index (χ4v) is 3.12. The lowest BCUT2D eigenvalue weighted by atomic mass is 10.1. The zero-order valence-corrected chi connectivity index (χ0v) is 13.9. The van der Waals surface area contributed by atoms with Crippen LogP contribution in [0, 0.1) is 0 Å². The van der Waals surface area contributed by atoms with Gasteiger partial charge in [-0.05, 0) is 17.5 Å². The van der Waals surface area contributed by atoms with Crippen LogP contribution in [0.25, 0.3) is 0 Å². The molecule has 1 aliphatic heterocycles. The third kappa shape index (κ3) is 3.32. The van der Waals surface area contributed by atoms with Crippen molar-refractivity contribution >= 4 is 11.9 Å². The summed E-state index contributed by atoms with van der Waals surface area (Å²) in [6, 6.07) is 18.9. The van der Waals surface area contributed by atoms with Gasteiger partial charge in [-0.3, -0.25) is 9.69 Å². The molecule has 1 saturated heterocycles. The van der Waals surface area contributed by atoms with Crippen LogP contribution in [-0.4, -0.2) is 27.8 Å². The molecule has 1 fully saturated rings. The highest BCUT2D eigenvalue weighted by Gasteiger charge is 2.44. The predicted octanol–water partition coefficient (Wildman–Crippen LogP) is 3.82. The first-order chi connectivity index (χ1) is 11.7. The molecule has 0 aliphatic carbocycles. The van der Waals surface area contributed by atoms with Crippen molar-refractivity contribution in [1.29, 1.82) is 0 Å². The molecule has 0 saturated carbocycles. The van der Waals surface area contributed by atoms with Crippen LogP contribution in [0.5, 0.6) is 0 Å². The molecule has 0 aromatic heterocycles. The molecule has 2 aromatic carbocycles. The summed E-state index contributed by atoms with van der Waals surface area (Å²) in [6.07, 6.45) is 1.57. The summed E-state index contributed by atoms with van der Waals surface area (Å²) in [4.78, 5) is 28.7. The predicted molar refractivity (Wildman–Crippen MR) is 93.1 cm³/mol. The lowest BCUT2D eigenvalue weighted by Crippen LogP contribution is -2.34. The molecule has 124 valence electrons. The Hall–Kier alpha value is -2.62. The number of benzene rings is 2. The van der Waals surface area contributed by atoms with Crippen LogP contribution >= 0.6 is 0 Å². The van der Waals surface area contributed by atoms with Crippen LogP contribution in [0.15, 0.2) is 60.7 Å². The van der Waals surface area contributed by atoms with Gasteiger partial charge < -0.3 is 4.90 Å². The summed E-state index contributed by atoms with van der Waals surface area (Å²) in [7, 11) is 0. The number of hydrogen-bond acceptors (Lipinski definition) is 2. The second kappa shape index (κ2) is 7.30. The van der Waals surface area contributed by atoms with Crippen molar-refractivity contribution in [3.8, 4) is 0 Å². The SMILES string of the molecule is CCCC1C(=O)N(Cc2ccccc2)C(=O)N1Cc1ccccc1. The van der Waals surface area contributed by atoms with Crippen LogP contribution in [-0.2, 0) is 17.9 Å². The molecule has 1 unspecified atom stereocenters. The van der Waals surface area contributed by atoms with Gasteiger partial charge in [0.05, 0.1) is 6.54 Å². The van der Waals surface area contributed by atoms with Crippen molar-refractivity contribution in [2.24, 2.45) is 0 Å². The van der Waals surface area contributed by atoms with Gasteiger partial charge in [-0.25, -0.2) is 4.79 Å². The Balaban J connectivity index is 1.82. The molecule has 4 nitrogen and oxygen atoms in total. The van der Waals surface area contributed by atoms with Gasteiger partial charge in [-0.1, -0.05) is 74.0 Å². The monoisotopic (exact) mass is 322 g/mol. The highest BCUT2D eigenvalue weighted by Crippen LogP contribution is 2.25. The van der Waals surface area contributed by atoms with E-state index in [2.05, 4.69) is 0 Å². The van der Waals surface area contributed by atoms with Crippen molar-refractivity contribution in [2.45, 2.75) is 38.9 Å². The third-order valence-electron chi connectivity index (χ3n) is 4.35. The largest absolute Gasteiger partial charge is 0.328 e. The second-order valence-corrected chi connectivity index (χ2v) is 6.11. The highest BCUT2D eigenvalue weighted by atomic mass is 16.2. The summed E-state index contributed by atoms with van der Waals surface area (Å²) in [5.41, 5.74) is 2.01. The Morgan fingerprint density at radius 2 is 1.38 bits per heavy atom. The summed E-state index contributed by atoms with van der Waals surface area (Å²) < 4.78 is 0. The van der Waals surface area contributed by atoms with Crippen LogP contribution in [0.1, 0.15) is 30.9 Å². The van der Waals surface area contributed by atoms with E-state index >= 15 is 0 Å². The average molecular weight is 322 g/mol. The van der Waals surface area contributed by atoms with E-state index in [4.69, 9.17) is 0 Å². The van der Waals surface area contributed by atoms with E-state index in [1.807, 2.05) is 67.6 Å². The number of nitrogens with zero attached hydrogens (tertiary/aromatic N) is 2. The highest BCUT2D eigenvalue weighted by molar-refractivity contribution is 6.04. The molecular weight excluding hydrogens is 300 g/mol. The fraction of sp³-hybridized carbons (Fsp3) is 0.300. The van der Waals surface area contributed by atoms with E-state index in [9.17, 15) is 9.59 Å². The summed E-state index contributed by atoms with van der Waals surface area (Å²) in [5, 5.41) is 0. The number of carbonyl (C=O) groups is 2. The number of urea groups is 1. The Morgan fingerprint density at radius 3 is 1.92 bits per heavy atom. The molecule has 0 N–H and O–H groups in total. The van der Waals surface area contributed by atoms with Gasteiger partial charge in [0.25, 0.3) is 5.91 Å². The van der Waals surface area contributed by atoms with Gasteiger partial charge in [0.1, 0.15) is 6.04 Å². The quantitative estimate of drug-likeness (QED) is 0.759. The first-order valence-electron chi connectivity index (χ1n) is 8.40. The molecule has 0 bridgehead atoms. The first-order valence-corrected chi connectivity index (χ1v) is 8.40. The van der Waals surface area contributed by atoms with Crippen molar-refractivity contribution in [2.75, 3.05) is 0 Å². The lowest BCUT2D eigenvalue weighted by molar-refractivity contribution is -0.128. The van der Waals surface area contributed by atoms with Crippen molar-refractivity contribution in [3.05, 3.63) is 71.8 Å². The molecule has 24 heavy (non-hydrogen) atoms. The second-order valence-electron chi connectivity index (χ2n) is 6.11. The smallest absolute Gasteiger partial charge is 0.308 e. The van der Waals surface area contributed by atoms with E-state index < -0.39 is 0 Å². The third-order valence-corrected chi connectivity index (χ3v) is 4.35. The molecule has 1 atom stereocenters. The topological polar surface area (TPSA) is 40.6 Å². The van der Waals surface area contributed by atoms with Gasteiger partial charge in [0.2, 0.25) is 0 Å². The lowest BCUT2D eigenvalue weighted by Gasteiger charge is -2.21. The van der Waals surface area contributed by atoms with Crippen LogP contribution < -0.4 is 0 Å². The standard InChI is InChI=1S/C20H22N2O2/c1-2-9-18-19(23)22(15-17-12-7-4-8-13-17)20(24)21(18)14-16-10-5-3-6-11-16/h3-8,10-13,18H,2,9,14-15H2,1H3. The first kappa shape index (κ1) is 16.2. The summed E-state index contributed by atoms with van der Waals surface area (Å²) in [5.74, 6) is -0.0818. The molecule has 3 amide bonds. The Morgan fingerprint density at radius 1 is 0.833 bits per heavy atom. The van der Waals surface area contributed by atoms with E-state index in [0.717, 1.165) is 17.5 Å². The van der Waals surface area contributed by atoms with Crippen molar-refractivity contribution in [3.63, 3.8) is 0 Å². The number of hydrogen-bond donors (Lipinski definition) is 0. The maximum Gasteiger partial charge on any atom is 0.328 e. The van der Waals surface area contributed by atoms with Crippen molar-refractivity contribution in [1.82, 2.24) is 9.80 Å². The molecule has 1 aliphatic rings. The minimum Gasteiger partial charge on any atom is -0.308 e. The maximum absolute atomic E-state index is 12.8. The molecule has 0 radical (unpaired) electrons. The molecule has 4 heteroatoms. The van der Waals surface area contributed by atoms with Crippen LogP contribution in [0.3, 0.4) is 0 Å². The number of imide groups is 1. The number of carbonyl (C=O) groups excluding carboxylic acids is 2. The fourth-order valence-electron chi connectivity index (χ4n) is 3.12. The number of rotatable bonds is 6. The minimum atomic E-state index is -0.355. The van der Waals surface area contributed by atoms with Crippen molar-refractivity contribution < 1.29 is 9.59 Å². The molecular formula is C20H22N2O2. The molecule has 3 rings (SSSR count). The summed E-state index contributed by atoms with van der Waals surface area (Å²) in [6.45, 7) is 2.85. The maximum atomic E-state index is 12.8. The normalized spacial score (nSPS) is 17.6. The zero-order chi connectivity index (χ0) is 16.9. The van der Waals surface area contributed by atoms with Crippen LogP contribution in [0.4, 0.5) is 4.79 Å². The van der Waals surface area contributed by atoms with Crippen LogP contribution in [0.2, 0.25) is 0 Å². The molecule has 1 heterocycles. The van der Waals surface area contributed by atoms with Gasteiger partial charge in [0, 0.05) is 6.54 Å². The Bertz CT molecular complexity index is 700. The van der Waals surface area contributed by atoms with Gasteiger partial charge in [-0.2, -0.15) is 0 Å². The number of amides is 3. The van der Waals surface area contributed by atoms with E-state index in [1.54, 1.807) is 4.90 Å². The summed E-state index contributed by atoms with van der Waals surface area (Å²) >= 11 is 0. The Labute approximate surface area is 142 Å². The minimum absolute atomic E-state index is 0.0818. The van der Waals surface area contributed by atoms with Gasteiger partial charge in [-0.15, -0.1) is 0 Å². The van der Waals surface area contributed by atoms with E-state index in [0.29, 0.717) is 19.5 Å². The Kier molecular flexibility index (Phi) is 4.94.